The van der Waals surface area contributed by atoms with Crippen LogP contribution in [0.25, 0.3) is 0 Å². The fourth-order valence-electron chi connectivity index (χ4n) is 8.35. The first-order chi connectivity index (χ1) is 12.6. The van der Waals surface area contributed by atoms with Gasteiger partial charge in [-0.15, -0.1) is 0 Å². The Morgan fingerprint density at radius 1 is 1.08 bits per heavy atom. The Morgan fingerprint density at radius 2 is 1.96 bits per heavy atom. The molecule has 0 aromatic carbocycles. The second-order valence-electron chi connectivity index (χ2n) is 10.5. The second-order valence-corrected chi connectivity index (χ2v) is 10.5. The van der Waals surface area contributed by atoms with Crippen molar-refractivity contribution in [2.75, 3.05) is 6.61 Å². The Morgan fingerprint density at radius 3 is 2.73 bits per heavy atom. The molecule has 4 saturated carbocycles. The summed E-state index contributed by atoms with van der Waals surface area (Å²) in [5.41, 5.74) is 2.99. The van der Waals surface area contributed by atoms with Crippen LogP contribution in [0.2, 0.25) is 0 Å². The fraction of sp³-hybridized carbons (Fsp3) is 0.792. The van der Waals surface area contributed by atoms with Crippen LogP contribution in [0.4, 0.5) is 0 Å². The van der Waals surface area contributed by atoms with E-state index in [0.29, 0.717) is 5.41 Å². The van der Waals surface area contributed by atoms with E-state index in [9.17, 15) is 0 Å². The van der Waals surface area contributed by atoms with Crippen molar-refractivity contribution in [2.45, 2.75) is 70.3 Å². The van der Waals surface area contributed by atoms with Crippen molar-refractivity contribution in [3.05, 3.63) is 23.8 Å². The van der Waals surface area contributed by atoms with E-state index in [1.165, 1.54) is 51.4 Å². The summed E-state index contributed by atoms with van der Waals surface area (Å²) in [5, 5.41) is 8.19. The lowest BCUT2D eigenvalue weighted by molar-refractivity contribution is -0.122. The average molecular weight is 352 g/mol. The Balaban J connectivity index is 1.40. The zero-order valence-corrected chi connectivity index (χ0v) is 16.2. The predicted molar refractivity (Wildman–Crippen MR) is 104 cm³/mol. The van der Waals surface area contributed by atoms with Crippen LogP contribution in [0.5, 0.6) is 0 Å². The van der Waals surface area contributed by atoms with E-state index >= 15 is 0 Å². The monoisotopic (exact) mass is 351 g/mol. The Kier molecular flexibility index (Phi) is 3.31. The van der Waals surface area contributed by atoms with Crippen LogP contribution in [0, 0.1) is 46.3 Å². The van der Waals surface area contributed by atoms with Gasteiger partial charge in [-0.3, -0.25) is 0 Å². The number of hydrogen-bond donors (Lipinski definition) is 1. The zero-order chi connectivity index (χ0) is 17.5. The van der Waals surface area contributed by atoms with Gasteiger partial charge in [-0.05, 0) is 99.4 Å². The molecule has 26 heavy (non-hydrogen) atoms. The van der Waals surface area contributed by atoms with Gasteiger partial charge in [-0.2, -0.15) is 0 Å². The van der Waals surface area contributed by atoms with Gasteiger partial charge in [0.2, 0.25) is 0 Å². The molecule has 7 atom stereocenters. The van der Waals surface area contributed by atoms with Gasteiger partial charge in [0.15, 0.2) is 0 Å². The van der Waals surface area contributed by atoms with Crippen molar-refractivity contribution in [1.82, 2.24) is 0 Å². The highest BCUT2D eigenvalue weighted by molar-refractivity contribution is 5.93. The van der Waals surface area contributed by atoms with Gasteiger partial charge in [-0.25, -0.2) is 0 Å². The van der Waals surface area contributed by atoms with Crippen molar-refractivity contribution < 1.29 is 4.74 Å². The summed E-state index contributed by atoms with van der Waals surface area (Å²) in [6, 6.07) is 0. The van der Waals surface area contributed by atoms with Gasteiger partial charge in [0.25, 0.3) is 0 Å². The fourth-order valence-corrected chi connectivity index (χ4v) is 8.35. The van der Waals surface area contributed by atoms with Gasteiger partial charge < -0.3 is 10.1 Å². The van der Waals surface area contributed by atoms with Crippen LogP contribution >= 0.6 is 0 Å². The number of fused-ring (bicyclic) bond motifs is 6. The van der Waals surface area contributed by atoms with E-state index < -0.39 is 0 Å². The summed E-state index contributed by atoms with van der Waals surface area (Å²) in [5.74, 6) is 5.36. The van der Waals surface area contributed by atoms with Crippen LogP contribution in [-0.4, -0.2) is 17.9 Å². The zero-order valence-electron chi connectivity index (χ0n) is 16.2. The molecule has 5 aliphatic carbocycles. The minimum absolute atomic E-state index is 0.0571. The molecule has 4 fully saturated rings. The van der Waals surface area contributed by atoms with Gasteiger partial charge in [0, 0.05) is 11.1 Å². The molecule has 1 heterocycles. The smallest absolute Gasteiger partial charge is 0.0923 e. The largest absolute Gasteiger partial charge is 0.366 e. The molecule has 1 aliphatic heterocycles. The molecule has 0 aromatic heterocycles. The summed E-state index contributed by atoms with van der Waals surface area (Å²) in [6.07, 6.45) is 18.9. The number of hydrogen-bond acceptors (Lipinski definition) is 2. The van der Waals surface area contributed by atoms with Crippen LogP contribution in [-0.2, 0) is 4.74 Å². The molecule has 1 spiro atoms. The molecule has 0 radical (unpaired) electrons. The van der Waals surface area contributed by atoms with E-state index in [2.05, 4.69) is 25.2 Å². The Bertz CT molecular complexity index is 703. The molecule has 0 amide bonds. The van der Waals surface area contributed by atoms with Gasteiger partial charge >= 0.3 is 0 Å². The molecule has 2 heteroatoms. The lowest BCUT2D eigenvalue weighted by atomic mass is 9.47. The summed E-state index contributed by atoms with van der Waals surface area (Å²) in [4.78, 5) is 0. The topological polar surface area (TPSA) is 33.1 Å². The van der Waals surface area contributed by atoms with E-state index in [-0.39, 0.29) is 5.60 Å². The molecule has 0 aromatic rings. The van der Waals surface area contributed by atoms with Gasteiger partial charge in [-0.1, -0.05) is 24.6 Å². The molecule has 0 saturated heterocycles. The Labute approximate surface area is 158 Å². The van der Waals surface area contributed by atoms with Crippen LogP contribution in [0.15, 0.2) is 23.8 Å². The lowest BCUT2D eigenvalue weighted by Gasteiger charge is -2.58. The summed E-state index contributed by atoms with van der Waals surface area (Å²) in [6.45, 7) is 3.42. The highest BCUT2D eigenvalue weighted by Gasteiger charge is 2.65. The molecule has 4 unspecified atom stereocenters. The van der Waals surface area contributed by atoms with E-state index in [4.69, 9.17) is 10.1 Å². The van der Waals surface area contributed by atoms with Crippen molar-refractivity contribution in [3.63, 3.8) is 0 Å². The molecule has 6 rings (SSSR count). The minimum atomic E-state index is 0.0571. The molecule has 1 N–H and O–H groups in total. The maximum atomic E-state index is 8.19. The number of rotatable bonds is 1. The molecule has 6 aliphatic rings. The maximum Gasteiger partial charge on any atom is 0.0923 e. The average Bonchev–Trinajstić information content (AvgIpc) is 3.29. The summed E-state index contributed by atoms with van der Waals surface area (Å²) >= 11 is 0. The predicted octanol–water partition coefficient (Wildman–Crippen LogP) is 5.54. The standard InChI is InChI=1S/C24H33NO/c1-23-10-7-19-18-6-5-17(25)13-16(18)14-20(15-3-4-15)22(19)21(23)8-11-24(23)9-2-12-26-24/h2,9,13,15,18-22,25H,3-8,10-12,14H2,1H3/t18-,19?,20?,21?,22?,23-,24-/m0/s1. The first-order valence-corrected chi connectivity index (χ1v) is 11.2. The van der Waals surface area contributed by atoms with Crippen LogP contribution < -0.4 is 0 Å². The van der Waals surface area contributed by atoms with Crippen molar-refractivity contribution in [2.24, 2.45) is 40.9 Å². The highest BCUT2D eigenvalue weighted by Crippen LogP contribution is 2.69. The van der Waals surface area contributed by atoms with Gasteiger partial charge in [0.05, 0.1) is 12.2 Å². The Hall–Kier alpha value is -0.890. The van der Waals surface area contributed by atoms with Crippen molar-refractivity contribution in [3.8, 4) is 0 Å². The van der Waals surface area contributed by atoms with E-state index in [0.717, 1.165) is 54.2 Å². The SMILES string of the molecule is C[C@]12CCC3C(C(C4CC4)CC4=CC(=N)CC[C@@H]43)C1CC[C@@]21C=CCO1. The molecule has 0 bridgehead atoms. The number of ether oxygens (including phenoxy) is 1. The third kappa shape index (κ3) is 2.00. The maximum absolute atomic E-state index is 8.19. The third-order valence-electron chi connectivity index (χ3n) is 9.66. The minimum Gasteiger partial charge on any atom is -0.366 e. The van der Waals surface area contributed by atoms with Crippen molar-refractivity contribution in [1.29, 1.82) is 5.41 Å². The molecule has 140 valence electrons. The lowest BCUT2D eigenvalue weighted by Crippen LogP contribution is -2.54. The first kappa shape index (κ1) is 16.1. The first-order valence-electron chi connectivity index (χ1n) is 11.2. The molecule has 2 nitrogen and oxygen atoms in total. The van der Waals surface area contributed by atoms with E-state index in [1.54, 1.807) is 5.57 Å². The number of allylic oxidation sites excluding steroid dienone is 2. The van der Waals surface area contributed by atoms with Crippen LogP contribution in [0.1, 0.15) is 64.7 Å². The molecular formula is C24H33NO. The van der Waals surface area contributed by atoms with Gasteiger partial charge in [0.1, 0.15) is 0 Å². The van der Waals surface area contributed by atoms with Crippen molar-refractivity contribution >= 4 is 5.71 Å². The summed E-state index contributed by atoms with van der Waals surface area (Å²) in [7, 11) is 0. The summed E-state index contributed by atoms with van der Waals surface area (Å²) < 4.78 is 6.44. The number of nitrogens with one attached hydrogen (secondary N) is 1. The molecular weight excluding hydrogens is 318 g/mol. The highest BCUT2D eigenvalue weighted by atomic mass is 16.5. The third-order valence-corrected chi connectivity index (χ3v) is 9.66. The quantitative estimate of drug-likeness (QED) is 0.618. The van der Waals surface area contributed by atoms with Crippen LogP contribution in [0.3, 0.4) is 0 Å². The normalized spacial score (nSPS) is 52.6. The second kappa shape index (κ2) is 5.34. The van der Waals surface area contributed by atoms with E-state index in [1.807, 2.05) is 0 Å².